The van der Waals surface area contributed by atoms with Crippen LogP contribution in [0.5, 0.6) is 0 Å². The number of amides is 1. The molecule has 0 unspecified atom stereocenters. The van der Waals surface area contributed by atoms with E-state index in [0.717, 1.165) is 5.56 Å². The molecule has 9 heteroatoms. The number of nitrogens with one attached hydrogen (secondary N) is 2. The minimum atomic E-state index is -3.78. The van der Waals surface area contributed by atoms with Crippen LogP contribution in [-0.4, -0.2) is 30.8 Å². The molecular formula is C19H17ClN4O3S. The molecule has 0 aliphatic carbocycles. The van der Waals surface area contributed by atoms with Gasteiger partial charge in [-0.3, -0.25) is 4.79 Å². The maximum atomic E-state index is 12.2. The van der Waals surface area contributed by atoms with Crippen LogP contribution in [0.15, 0.2) is 71.9 Å². The summed E-state index contributed by atoms with van der Waals surface area (Å²) in [4.78, 5) is 20.4. The molecule has 0 spiro atoms. The van der Waals surface area contributed by atoms with Gasteiger partial charge in [0, 0.05) is 18.5 Å². The smallest absolute Gasteiger partial charge is 0.242 e. The monoisotopic (exact) mass is 416 g/mol. The van der Waals surface area contributed by atoms with E-state index < -0.39 is 10.0 Å². The molecule has 2 aromatic carbocycles. The molecule has 3 rings (SSSR count). The van der Waals surface area contributed by atoms with Crippen LogP contribution >= 0.6 is 11.6 Å². The predicted octanol–water partition coefficient (Wildman–Crippen LogP) is 3.10. The van der Waals surface area contributed by atoms with E-state index >= 15 is 0 Å². The van der Waals surface area contributed by atoms with Crippen molar-refractivity contribution in [2.75, 3.05) is 11.9 Å². The van der Waals surface area contributed by atoms with Crippen LogP contribution in [0.25, 0.3) is 11.4 Å². The molecule has 0 saturated heterocycles. The van der Waals surface area contributed by atoms with Gasteiger partial charge in [-0.2, -0.15) is 0 Å². The number of nitrogens with zero attached hydrogens (tertiary/aromatic N) is 2. The lowest BCUT2D eigenvalue weighted by Crippen LogP contribution is -2.28. The second-order valence-corrected chi connectivity index (χ2v) is 7.93. The standard InChI is InChI=1S/C19H17ClN4O3S/c20-16-8-4-5-9-17(16)28(26,27)23-11-10-18(25)24-15-12-21-19(22-13-15)14-6-2-1-3-7-14/h1-9,12-13,23H,10-11H2,(H,24,25). The van der Waals surface area contributed by atoms with Crippen LogP contribution in [0, 0.1) is 0 Å². The molecule has 0 saturated carbocycles. The first-order valence-electron chi connectivity index (χ1n) is 8.37. The van der Waals surface area contributed by atoms with Gasteiger partial charge in [-0.15, -0.1) is 0 Å². The predicted molar refractivity (Wildman–Crippen MR) is 107 cm³/mol. The van der Waals surface area contributed by atoms with Crippen LogP contribution in [0.2, 0.25) is 5.02 Å². The van der Waals surface area contributed by atoms with Crippen molar-refractivity contribution in [3.8, 4) is 11.4 Å². The van der Waals surface area contributed by atoms with Crippen molar-refractivity contribution in [1.29, 1.82) is 0 Å². The highest BCUT2D eigenvalue weighted by molar-refractivity contribution is 7.89. The summed E-state index contributed by atoms with van der Waals surface area (Å²) >= 11 is 5.90. The third-order valence-electron chi connectivity index (χ3n) is 3.74. The van der Waals surface area contributed by atoms with E-state index in [2.05, 4.69) is 20.0 Å². The summed E-state index contributed by atoms with van der Waals surface area (Å²) in [5.41, 5.74) is 1.30. The number of carbonyl (C=O) groups is 1. The summed E-state index contributed by atoms with van der Waals surface area (Å²) in [6, 6.07) is 15.6. The lowest BCUT2D eigenvalue weighted by molar-refractivity contribution is -0.116. The third-order valence-corrected chi connectivity index (χ3v) is 5.70. The van der Waals surface area contributed by atoms with Crippen LogP contribution in [-0.2, 0) is 14.8 Å². The van der Waals surface area contributed by atoms with Gasteiger partial charge in [0.25, 0.3) is 0 Å². The summed E-state index contributed by atoms with van der Waals surface area (Å²) in [6.07, 6.45) is 2.95. The summed E-state index contributed by atoms with van der Waals surface area (Å²) < 4.78 is 26.8. The molecule has 28 heavy (non-hydrogen) atoms. The zero-order valence-electron chi connectivity index (χ0n) is 14.7. The molecule has 0 bridgehead atoms. The number of aromatic nitrogens is 2. The van der Waals surface area contributed by atoms with Crippen molar-refractivity contribution in [2.24, 2.45) is 0 Å². The van der Waals surface area contributed by atoms with Crippen molar-refractivity contribution >= 4 is 33.2 Å². The molecule has 3 aromatic rings. The Balaban J connectivity index is 1.53. The van der Waals surface area contributed by atoms with Gasteiger partial charge in [0.15, 0.2) is 5.82 Å². The van der Waals surface area contributed by atoms with Gasteiger partial charge in [-0.05, 0) is 12.1 Å². The highest BCUT2D eigenvalue weighted by Crippen LogP contribution is 2.20. The van der Waals surface area contributed by atoms with E-state index in [1.54, 1.807) is 12.1 Å². The molecule has 0 aliphatic heterocycles. The number of hydrogen-bond acceptors (Lipinski definition) is 5. The minimum absolute atomic E-state index is 0.0259. The third kappa shape index (κ3) is 5.13. The van der Waals surface area contributed by atoms with E-state index in [1.165, 1.54) is 24.5 Å². The fraction of sp³-hybridized carbons (Fsp3) is 0.105. The van der Waals surface area contributed by atoms with E-state index in [0.29, 0.717) is 11.5 Å². The minimum Gasteiger partial charge on any atom is -0.323 e. The van der Waals surface area contributed by atoms with E-state index in [1.807, 2.05) is 30.3 Å². The number of benzene rings is 2. The van der Waals surface area contributed by atoms with Crippen LogP contribution < -0.4 is 10.0 Å². The highest BCUT2D eigenvalue weighted by atomic mass is 35.5. The van der Waals surface area contributed by atoms with Crippen LogP contribution in [0.3, 0.4) is 0 Å². The molecule has 1 amide bonds. The lowest BCUT2D eigenvalue weighted by Gasteiger charge is -2.09. The fourth-order valence-corrected chi connectivity index (χ4v) is 3.94. The average molecular weight is 417 g/mol. The summed E-state index contributed by atoms with van der Waals surface area (Å²) in [5, 5.41) is 2.75. The Morgan fingerprint density at radius 3 is 2.29 bits per heavy atom. The molecule has 144 valence electrons. The van der Waals surface area contributed by atoms with Crippen molar-refractivity contribution < 1.29 is 13.2 Å². The Bertz CT molecular complexity index is 1060. The molecule has 2 N–H and O–H groups in total. The van der Waals surface area contributed by atoms with Crippen LogP contribution in [0.4, 0.5) is 5.69 Å². The van der Waals surface area contributed by atoms with Gasteiger partial charge < -0.3 is 5.32 Å². The maximum absolute atomic E-state index is 12.2. The largest absolute Gasteiger partial charge is 0.323 e. The molecule has 1 aromatic heterocycles. The fourth-order valence-electron chi connectivity index (χ4n) is 2.39. The number of anilines is 1. The summed E-state index contributed by atoms with van der Waals surface area (Å²) in [7, 11) is -3.78. The Labute approximate surface area is 167 Å². The van der Waals surface area contributed by atoms with Gasteiger partial charge in [0.2, 0.25) is 15.9 Å². The lowest BCUT2D eigenvalue weighted by atomic mass is 10.2. The Hall–Kier alpha value is -2.81. The molecular weight excluding hydrogens is 400 g/mol. The van der Waals surface area contributed by atoms with E-state index in [9.17, 15) is 13.2 Å². The first-order chi connectivity index (χ1) is 13.5. The highest BCUT2D eigenvalue weighted by Gasteiger charge is 2.17. The first-order valence-corrected chi connectivity index (χ1v) is 10.2. The number of carbonyl (C=O) groups excluding carboxylic acids is 1. The van der Waals surface area contributed by atoms with E-state index in [4.69, 9.17) is 11.6 Å². The zero-order valence-corrected chi connectivity index (χ0v) is 16.2. The molecule has 0 fully saturated rings. The zero-order chi connectivity index (χ0) is 20.0. The molecule has 0 aliphatic rings. The first kappa shape index (κ1) is 19.9. The molecule has 0 radical (unpaired) electrons. The topological polar surface area (TPSA) is 101 Å². The maximum Gasteiger partial charge on any atom is 0.242 e. The average Bonchev–Trinajstić information content (AvgIpc) is 2.69. The van der Waals surface area contributed by atoms with Gasteiger partial charge in [0.05, 0.1) is 23.1 Å². The van der Waals surface area contributed by atoms with Gasteiger partial charge in [0.1, 0.15) is 4.90 Å². The normalized spacial score (nSPS) is 11.2. The van der Waals surface area contributed by atoms with Crippen molar-refractivity contribution in [1.82, 2.24) is 14.7 Å². The van der Waals surface area contributed by atoms with Crippen molar-refractivity contribution in [2.45, 2.75) is 11.3 Å². The Morgan fingerprint density at radius 2 is 1.61 bits per heavy atom. The Morgan fingerprint density at radius 1 is 0.964 bits per heavy atom. The van der Waals surface area contributed by atoms with Gasteiger partial charge in [-0.25, -0.2) is 23.1 Å². The summed E-state index contributed by atoms with van der Waals surface area (Å²) in [5.74, 6) is 0.184. The number of sulfonamides is 1. The number of halogens is 1. The second-order valence-electron chi connectivity index (χ2n) is 5.79. The molecule has 1 heterocycles. The number of rotatable bonds is 7. The quantitative estimate of drug-likeness (QED) is 0.616. The van der Waals surface area contributed by atoms with Crippen LogP contribution in [0.1, 0.15) is 6.42 Å². The second kappa shape index (κ2) is 8.92. The number of hydrogen-bond donors (Lipinski definition) is 2. The Kier molecular flexibility index (Phi) is 6.35. The summed E-state index contributed by atoms with van der Waals surface area (Å²) in [6.45, 7) is -0.0671. The van der Waals surface area contributed by atoms with Gasteiger partial charge >= 0.3 is 0 Å². The van der Waals surface area contributed by atoms with Crippen molar-refractivity contribution in [3.63, 3.8) is 0 Å². The molecule has 0 atom stereocenters. The van der Waals surface area contributed by atoms with Gasteiger partial charge in [-0.1, -0.05) is 54.1 Å². The SMILES string of the molecule is O=C(CCNS(=O)(=O)c1ccccc1Cl)Nc1cnc(-c2ccccc2)nc1. The molecule has 7 nitrogen and oxygen atoms in total. The van der Waals surface area contributed by atoms with Crippen molar-refractivity contribution in [3.05, 3.63) is 72.0 Å². The van der Waals surface area contributed by atoms with E-state index in [-0.39, 0.29) is 28.8 Å².